The minimum absolute atomic E-state index is 0.120. The first-order valence-corrected chi connectivity index (χ1v) is 10.8. The lowest BCUT2D eigenvalue weighted by atomic mass is 10.0. The Bertz CT molecular complexity index is 766. The molecule has 1 aromatic rings. The third-order valence-electron chi connectivity index (χ3n) is 4.60. The fourth-order valence-electron chi connectivity index (χ4n) is 3.05. The lowest BCUT2D eigenvalue weighted by Crippen LogP contribution is -2.39. The number of hydrogen-bond donors (Lipinski definition) is 1. The van der Waals surface area contributed by atoms with Crippen LogP contribution in [0.4, 0.5) is 5.69 Å². The van der Waals surface area contributed by atoms with E-state index in [-0.39, 0.29) is 16.9 Å². The second-order valence-electron chi connectivity index (χ2n) is 7.05. The van der Waals surface area contributed by atoms with Crippen LogP contribution in [0.15, 0.2) is 23.1 Å². The molecule has 152 valence electrons. The first-order chi connectivity index (χ1) is 12.6. The van der Waals surface area contributed by atoms with Gasteiger partial charge in [-0.3, -0.25) is 4.79 Å². The molecule has 0 aliphatic carbocycles. The van der Waals surface area contributed by atoms with Crippen molar-refractivity contribution in [3.05, 3.63) is 18.2 Å². The highest BCUT2D eigenvalue weighted by Crippen LogP contribution is 2.33. The third kappa shape index (κ3) is 4.80. The molecule has 1 atom stereocenters. The number of sulfonamides is 1. The first-order valence-electron chi connectivity index (χ1n) is 9.40. The van der Waals surface area contributed by atoms with E-state index < -0.39 is 15.6 Å². The van der Waals surface area contributed by atoms with E-state index in [1.807, 2.05) is 13.8 Å². The summed E-state index contributed by atoms with van der Waals surface area (Å²) in [5.41, 5.74) is -0.582. The zero-order chi connectivity index (χ0) is 20.2. The van der Waals surface area contributed by atoms with Crippen molar-refractivity contribution in [2.75, 3.05) is 25.0 Å². The molecule has 1 aromatic carbocycles. The van der Waals surface area contributed by atoms with Gasteiger partial charge >= 0.3 is 0 Å². The average molecular weight is 399 g/mol. The van der Waals surface area contributed by atoms with Crippen molar-refractivity contribution in [2.24, 2.45) is 0 Å². The van der Waals surface area contributed by atoms with Gasteiger partial charge in [0.05, 0.1) is 16.7 Å². The quantitative estimate of drug-likeness (QED) is 0.728. The van der Waals surface area contributed by atoms with Crippen LogP contribution in [-0.2, 0) is 19.6 Å². The topological polar surface area (TPSA) is 84.9 Å². The fourth-order valence-corrected chi connectivity index (χ4v) is 4.53. The molecule has 1 aliphatic heterocycles. The summed E-state index contributed by atoms with van der Waals surface area (Å²) in [7, 11) is -3.64. The number of carbonyl (C=O) groups is 1. The highest BCUT2D eigenvalue weighted by atomic mass is 32.2. The lowest BCUT2D eigenvalue weighted by Gasteiger charge is -2.24. The number of nitrogens with zero attached hydrogens (tertiary/aromatic N) is 1. The van der Waals surface area contributed by atoms with Gasteiger partial charge in [-0.1, -0.05) is 13.8 Å². The normalized spacial score (nSPS) is 20.3. The van der Waals surface area contributed by atoms with Crippen LogP contribution < -0.4 is 10.1 Å². The van der Waals surface area contributed by atoms with Crippen LogP contribution in [0.1, 0.15) is 47.5 Å². The number of carbonyl (C=O) groups excluding carboxylic acids is 1. The maximum absolute atomic E-state index is 12.8. The highest BCUT2D eigenvalue weighted by molar-refractivity contribution is 7.89. The Kier molecular flexibility index (Phi) is 6.88. The molecule has 1 amide bonds. The maximum Gasteiger partial charge on any atom is 0.256 e. The Morgan fingerprint density at radius 3 is 2.52 bits per heavy atom. The molecule has 2 rings (SSSR count). The minimum Gasteiger partial charge on any atom is -0.489 e. The Balaban J connectivity index is 2.41. The molecule has 27 heavy (non-hydrogen) atoms. The summed E-state index contributed by atoms with van der Waals surface area (Å²) in [6.07, 6.45) is 1.32. The third-order valence-corrected chi connectivity index (χ3v) is 6.65. The summed E-state index contributed by atoms with van der Waals surface area (Å²) in [5, 5.41) is 2.81. The van der Waals surface area contributed by atoms with Crippen LogP contribution in [0.3, 0.4) is 0 Å². The molecule has 1 aliphatic rings. The SMILES string of the molecule is CCN(CC)S(=O)(=O)c1ccc(OC(C)C)c(NC(=O)[C@]2(C)CCCO2)c1. The number of ether oxygens (including phenoxy) is 2. The number of anilines is 1. The van der Waals surface area contributed by atoms with Gasteiger partial charge in [0, 0.05) is 19.7 Å². The number of hydrogen-bond acceptors (Lipinski definition) is 5. The van der Waals surface area contributed by atoms with Crippen LogP contribution >= 0.6 is 0 Å². The number of benzene rings is 1. The Hall–Kier alpha value is -1.64. The van der Waals surface area contributed by atoms with Gasteiger partial charge in [-0.05, 0) is 51.8 Å². The predicted molar refractivity (Wildman–Crippen MR) is 105 cm³/mol. The largest absolute Gasteiger partial charge is 0.489 e. The zero-order valence-electron chi connectivity index (χ0n) is 16.7. The molecule has 1 saturated heterocycles. The monoisotopic (exact) mass is 398 g/mol. The van der Waals surface area contributed by atoms with Crippen LogP contribution in [0.25, 0.3) is 0 Å². The molecule has 0 radical (unpaired) electrons. The fraction of sp³-hybridized carbons (Fsp3) is 0.632. The summed E-state index contributed by atoms with van der Waals surface area (Å²) in [5.74, 6) is 0.129. The van der Waals surface area contributed by atoms with Crippen LogP contribution in [0, 0.1) is 0 Å². The van der Waals surface area contributed by atoms with Gasteiger partial charge < -0.3 is 14.8 Å². The molecule has 1 fully saturated rings. The van der Waals surface area contributed by atoms with Crippen molar-refractivity contribution in [1.82, 2.24) is 4.31 Å². The van der Waals surface area contributed by atoms with E-state index in [0.717, 1.165) is 6.42 Å². The summed E-state index contributed by atoms with van der Waals surface area (Å²) < 4.78 is 38.4. The summed E-state index contributed by atoms with van der Waals surface area (Å²) in [6, 6.07) is 4.56. The minimum atomic E-state index is -3.64. The van der Waals surface area contributed by atoms with E-state index in [1.54, 1.807) is 26.8 Å². The van der Waals surface area contributed by atoms with Gasteiger partial charge in [0.25, 0.3) is 5.91 Å². The molecule has 1 N–H and O–H groups in total. The molecule has 0 aromatic heterocycles. The van der Waals surface area contributed by atoms with E-state index in [4.69, 9.17) is 9.47 Å². The summed E-state index contributed by atoms with van der Waals surface area (Å²) >= 11 is 0. The Labute approximate surface area is 162 Å². The van der Waals surface area contributed by atoms with Crippen molar-refractivity contribution < 1.29 is 22.7 Å². The van der Waals surface area contributed by atoms with Crippen LogP contribution in [0.5, 0.6) is 5.75 Å². The first kappa shape index (κ1) is 21.7. The van der Waals surface area contributed by atoms with Crippen LogP contribution in [-0.4, -0.2) is 50.0 Å². The molecule has 0 saturated carbocycles. The van der Waals surface area contributed by atoms with E-state index >= 15 is 0 Å². The second kappa shape index (κ2) is 8.58. The van der Waals surface area contributed by atoms with E-state index in [0.29, 0.717) is 37.6 Å². The van der Waals surface area contributed by atoms with Crippen molar-refractivity contribution in [1.29, 1.82) is 0 Å². The van der Waals surface area contributed by atoms with Gasteiger partial charge in [-0.15, -0.1) is 0 Å². The van der Waals surface area contributed by atoms with Crippen molar-refractivity contribution >= 4 is 21.6 Å². The highest BCUT2D eigenvalue weighted by Gasteiger charge is 2.38. The molecule has 0 spiro atoms. The zero-order valence-corrected chi connectivity index (χ0v) is 17.6. The van der Waals surface area contributed by atoms with E-state index in [1.165, 1.54) is 16.4 Å². The number of nitrogens with one attached hydrogen (secondary N) is 1. The molecule has 0 unspecified atom stereocenters. The summed E-state index contributed by atoms with van der Waals surface area (Å²) in [6.45, 7) is 10.3. The molecule has 0 bridgehead atoms. The van der Waals surface area contributed by atoms with Gasteiger partial charge in [0.1, 0.15) is 11.4 Å². The Morgan fingerprint density at radius 1 is 1.33 bits per heavy atom. The molecular weight excluding hydrogens is 368 g/mol. The second-order valence-corrected chi connectivity index (χ2v) is 8.99. The van der Waals surface area contributed by atoms with E-state index in [9.17, 15) is 13.2 Å². The maximum atomic E-state index is 12.8. The lowest BCUT2D eigenvalue weighted by molar-refractivity contribution is -0.133. The molecule has 7 nitrogen and oxygen atoms in total. The van der Waals surface area contributed by atoms with Gasteiger partial charge in [-0.25, -0.2) is 8.42 Å². The standard InChI is InChI=1S/C19H30N2O5S/c1-6-21(7-2)27(23,24)15-9-10-17(26-14(3)4)16(13-15)20-18(22)19(5)11-8-12-25-19/h9-10,13-14H,6-8,11-12H2,1-5H3,(H,20,22)/t19-/m0/s1. The van der Waals surface area contributed by atoms with E-state index in [2.05, 4.69) is 5.32 Å². The van der Waals surface area contributed by atoms with Gasteiger partial charge in [-0.2, -0.15) is 4.31 Å². The van der Waals surface area contributed by atoms with Crippen molar-refractivity contribution in [3.63, 3.8) is 0 Å². The van der Waals surface area contributed by atoms with Crippen molar-refractivity contribution in [3.8, 4) is 5.75 Å². The molecular formula is C19H30N2O5S. The average Bonchev–Trinajstić information content (AvgIpc) is 3.04. The van der Waals surface area contributed by atoms with Crippen molar-refractivity contribution in [2.45, 2.75) is 64.1 Å². The molecule has 8 heteroatoms. The summed E-state index contributed by atoms with van der Waals surface area (Å²) in [4.78, 5) is 12.9. The van der Waals surface area contributed by atoms with Gasteiger partial charge in [0.15, 0.2) is 0 Å². The van der Waals surface area contributed by atoms with Crippen LogP contribution in [0.2, 0.25) is 0 Å². The molecule has 1 heterocycles. The number of amides is 1. The number of rotatable bonds is 8. The Morgan fingerprint density at radius 2 is 2.00 bits per heavy atom. The predicted octanol–water partition coefficient (Wildman–Crippen LogP) is 3.01. The smallest absolute Gasteiger partial charge is 0.256 e. The van der Waals surface area contributed by atoms with Gasteiger partial charge in [0.2, 0.25) is 10.0 Å².